The summed E-state index contributed by atoms with van der Waals surface area (Å²) in [5.41, 5.74) is 4.76. The molecule has 1 unspecified atom stereocenters. The molecule has 1 aromatic heterocycles. The molecule has 1 atom stereocenters. The summed E-state index contributed by atoms with van der Waals surface area (Å²) < 4.78 is 47.2. The van der Waals surface area contributed by atoms with E-state index in [1.807, 2.05) is 13.8 Å². The molecule has 13 nitrogen and oxygen atoms in total. The summed E-state index contributed by atoms with van der Waals surface area (Å²) in [6, 6.07) is 6.65. The van der Waals surface area contributed by atoms with Gasteiger partial charge in [-0.15, -0.1) is 0 Å². The predicted octanol–water partition coefficient (Wildman–Crippen LogP) is 3.38. The lowest BCUT2D eigenvalue weighted by molar-refractivity contribution is 0.0731. The van der Waals surface area contributed by atoms with Crippen molar-refractivity contribution < 1.29 is 31.9 Å². The van der Waals surface area contributed by atoms with Crippen LogP contribution in [0.4, 0.5) is 5.69 Å². The highest BCUT2D eigenvalue weighted by Crippen LogP contribution is 2.39. The number of piperazine rings is 1. The highest BCUT2D eigenvalue weighted by Gasteiger charge is 2.47. The minimum absolute atomic E-state index is 0.0237. The molecule has 2 bridgehead atoms. The first-order valence-corrected chi connectivity index (χ1v) is 19.3. The zero-order valence-corrected chi connectivity index (χ0v) is 30.8. The van der Waals surface area contributed by atoms with Crippen molar-refractivity contribution in [3.05, 3.63) is 68.1 Å². The molecule has 274 valence electrons. The summed E-state index contributed by atoms with van der Waals surface area (Å²) in [5.74, 6) is -1.03. The lowest BCUT2D eigenvalue weighted by Crippen LogP contribution is -2.53. The third-order valence-corrected chi connectivity index (χ3v) is 12.8. The number of nitrogens with one attached hydrogen (secondary N) is 1. The summed E-state index contributed by atoms with van der Waals surface area (Å²) in [6.07, 6.45) is 3.67. The molecule has 5 heterocycles. The van der Waals surface area contributed by atoms with E-state index in [2.05, 4.69) is 27.6 Å². The van der Waals surface area contributed by atoms with Gasteiger partial charge < -0.3 is 23.7 Å². The Hall–Kier alpha value is -3.98. The van der Waals surface area contributed by atoms with Crippen LogP contribution in [0.2, 0.25) is 0 Å². The quantitative estimate of drug-likeness (QED) is 0.327. The first-order valence-electron chi connectivity index (χ1n) is 17.9. The fourth-order valence-corrected chi connectivity index (χ4v) is 10.2. The second-order valence-corrected chi connectivity index (χ2v) is 15.8. The predicted molar refractivity (Wildman–Crippen MR) is 193 cm³/mol. The van der Waals surface area contributed by atoms with E-state index in [9.17, 15) is 22.8 Å². The van der Waals surface area contributed by atoms with Crippen LogP contribution in [-0.4, -0.2) is 106 Å². The molecule has 0 aliphatic carbocycles. The average Bonchev–Trinajstić information content (AvgIpc) is 3.73. The summed E-state index contributed by atoms with van der Waals surface area (Å²) in [5, 5.41) is 0.923. The van der Waals surface area contributed by atoms with E-state index in [4.69, 9.17) is 13.9 Å². The molecule has 14 heteroatoms. The van der Waals surface area contributed by atoms with Gasteiger partial charge in [0, 0.05) is 67.6 Å². The maximum atomic E-state index is 13.9. The second-order valence-electron chi connectivity index (χ2n) is 14.3. The number of hydrogen-bond acceptors (Lipinski definition) is 10. The van der Waals surface area contributed by atoms with Crippen LogP contribution in [0.3, 0.4) is 0 Å². The van der Waals surface area contributed by atoms with E-state index in [1.165, 1.54) is 22.5 Å². The van der Waals surface area contributed by atoms with Crippen molar-refractivity contribution in [2.24, 2.45) is 0 Å². The minimum atomic E-state index is -4.03. The van der Waals surface area contributed by atoms with Crippen molar-refractivity contribution in [1.29, 1.82) is 0 Å². The lowest BCUT2D eigenvalue weighted by Gasteiger charge is -2.41. The van der Waals surface area contributed by atoms with Gasteiger partial charge in [-0.3, -0.25) is 14.5 Å². The molecule has 1 N–H and O–H groups in total. The number of hydrogen-bond donors (Lipinski definition) is 1. The van der Waals surface area contributed by atoms with Gasteiger partial charge >= 0.3 is 15.8 Å². The standard InChI is InChI=1S/C37H47N5O8S/c1-6-49-32-18-24(7-12-29(32)35(43)38-51(46,47)42-25-8-9-26(42)11-10-25)36(44)41-14-13-28-30(20-41)37(45)50-34-23(3)31(17-22(2)33(28)34)40-16-15-39(4)27(19-40)21-48-5/h7,12,17-18,25-27H,6,8-11,13-16,19-21H2,1-5H3,(H,38,43). The molecule has 2 aromatic carbocycles. The summed E-state index contributed by atoms with van der Waals surface area (Å²) in [6.45, 7) is 9.63. The van der Waals surface area contributed by atoms with E-state index in [-0.39, 0.29) is 54.1 Å². The molecule has 4 aliphatic heterocycles. The van der Waals surface area contributed by atoms with Crippen molar-refractivity contribution in [3.63, 3.8) is 0 Å². The Kier molecular flexibility index (Phi) is 9.63. The fraction of sp³-hybridized carbons (Fsp3) is 0.541. The van der Waals surface area contributed by atoms with Gasteiger partial charge in [-0.2, -0.15) is 12.7 Å². The number of aryl methyl sites for hydroxylation is 2. The number of nitrogens with zero attached hydrogens (tertiary/aromatic N) is 4. The van der Waals surface area contributed by atoms with Crippen LogP contribution in [0, 0.1) is 13.8 Å². The maximum Gasteiger partial charge on any atom is 0.341 e. The van der Waals surface area contributed by atoms with Gasteiger partial charge in [0.25, 0.3) is 11.8 Å². The Morgan fingerprint density at radius 1 is 1.02 bits per heavy atom. The first kappa shape index (κ1) is 35.4. The Balaban J connectivity index is 1.12. The number of likely N-dealkylation sites (N-methyl/N-ethyl adjacent to an activating group) is 1. The topological polar surface area (TPSA) is 142 Å². The van der Waals surface area contributed by atoms with E-state index in [1.54, 1.807) is 18.9 Å². The smallest absolute Gasteiger partial charge is 0.341 e. The van der Waals surface area contributed by atoms with E-state index < -0.39 is 21.7 Å². The number of carbonyl (C=O) groups is 2. The minimum Gasteiger partial charge on any atom is -0.493 e. The van der Waals surface area contributed by atoms with Crippen LogP contribution in [0.5, 0.6) is 5.75 Å². The van der Waals surface area contributed by atoms with Gasteiger partial charge in [0.2, 0.25) is 0 Å². The normalized spacial score (nSPS) is 22.4. The molecule has 51 heavy (non-hydrogen) atoms. The zero-order chi connectivity index (χ0) is 36.2. The highest BCUT2D eigenvalue weighted by molar-refractivity contribution is 7.87. The molecular formula is C37H47N5O8S. The van der Waals surface area contributed by atoms with Gasteiger partial charge in [0.1, 0.15) is 11.3 Å². The second kappa shape index (κ2) is 13.9. The molecule has 0 radical (unpaired) electrons. The van der Waals surface area contributed by atoms with Crippen molar-refractivity contribution in [1.82, 2.24) is 18.8 Å². The highest BCUT2D eigenvalue weighted by atomic mass is 32.2. The SMILES string of the molecule is CCOc1cc(C(=O)N2CCc3c(c(=O)oc4c(C)c(N5CCN(C)C(COC)C5)cc(C)c34)C2)ccc1C(=O)NS(=O)(=O)N1C2CCC1CC2. The van der Waals surface area contributed by atoms with Gasteiger partial charge in [0.05, 0.1) is 36.9 Å². The number of fused-ring (bicyclic) bond motifs is 5. The number of methoxy groups -OCH3 is 1. The fourth-order valence-electron chi connectivity index (χ4n) is 8.57. The van der Waals surface area contributed by atoms with Crippen LogP contribution in [0.1, 0.15) is 75.6 Å². The largest absolute Gasteiger partial charge is 0.493 e. The van der Waals surface area contributed by atoms with Crippen molar-refractivity contribution >= 4 is 38.7 Å². The molecule has 3 fully saturated rings. The van der Waals surface area contributed by atoms with E-state index in [0.29, 0.717) is 30.7 Å². The number of benzene rings is 2. The molecular weight excluding hydrogens is 675 g/mol. The molecule has 3 saturated heterocycles. The monoisotopic (exact) mass is 721 g/mol. The van der Waals surface area contributed by atoms with Gasteiger partial charge in [-0.1, -0.05) is 0 Å². The molecule has 2 amide bonds. The van der Waals surface area contributed by atoms with Gasteiger partial charge in [-0.25, -0.2) is 9.52 Å². The molecule has 0 saturated carbocycles. The van der Waals surface area contributed by atoms with E-state index >= 15 is 0 Å². The Bertz CT molecular complexity index is 2030. The zero-order valence-electron chi connectivity index (χ0n) is 30.0. The van der Waals surface area contributed by atoms with Gasteiger partial charge in [0.15, 0.2) is 0 Å². The Morgan fingerprint density at radius 2 is 1.75 bits per heavy atom. The van der Waals surface area contributed by atoms with Crippen LogP contribution < -0.4 is 20.0 Å². The number of ether oxygens (including phenoxy) is 2. The Morgan fingerprint density at radius 3 is 2.43 bits per heavy atom. The van der Waals surface area contributed by atoms with Crippen molar-refractivity contribution in [2.45, 2.75) is 77.5 Å². The molecule has 0 spiro atoms. The first-order chi connectivity index (χ1) is 24.4. The van der Waals surface area contributed by atoms with E-state index in [0.717, 1.165) is 73.1 Å². The third-order valence-electron chi connectivity index (χ3n) is 11.2. The summed E-state index contributed by atoms with van der Waals surface area (Å²) >= 11 is 0. The number of carbonyl (C=O) groups excluding carboxylic acids is 2. The van der Waals surface area contributed by atoms with Crippen molar-refractivity contribution in [3.8, 4) is 5.75 Å². The number of anilines is 1. The molecule has 3 aromatic rings. The van der Waals surface area contributed by atoms with Crippen LogP contribution in [0.25, 0.3) is 11.0 Å². The third kappa shape index (κ3) is 6.40. The molecule has 7 rings (SSSR count). The van der Waals surface area contributed by atoms with Crippen LogP contribution in [0.15, 0.2) is 33.5 Å². The van der Waals surface area contributed by atoms with Crippen LogP contribution >= 0.6 is 0 Å². The van der Waals surface area contributed by atoms with Crippen LogP contribution in [-0.2, 0) is 27.9 Å². The maximum absolute atomic E-state index is 13.9. The Labute approximate surface area is 298 Å². The number of amides is 2. The summed E-state index contributed by atoms with van der Waals surface area (Å²) in [4.78, 5) is 47.0. The molecule has 4 aliphatic rings. The number of rotatable bonds is 9. The average molecular weight is 722 g/mol. The van der Waals surface area contributed by atoms with Gasteiger partial charge in [-0.05, 0) is 95.3 Å². The van der Waals surface area contributed by atoms with Crippen molar-refractivity contribution in [2.75, 3.05) is 58.5 Å². The lowest BCUT2D eigenvalue weighted by atomic mass is 9.92. The summed E-state index contributed by atoms with van der Waals surface area (Å²) in [7, 11) is -0.205.